The topological polar surface area (TPSA) is 45.2 Å². The van der Waals surface area contributed by atoms with Crippen LogP contribution < -0.4 is 20.7 Å². The minimum absolute atomic E-state index is 0.0156. The summed E-state index contributed by atoms with van der Waals surface area (Å²) < 4.78 is 2.44. The zero-order valence-electron chi connectivity index (χ0n) is 27.3. The molecule has 3 N–H and O–H groups in total. The Morgan fingerprint density at radius 1 is 0.673 bits per heavy atom. The van der Waals surface area contributed by atoms with Gasteiger partial charge in [-0.05, 0) is 93.1 Å². The Morgan fingerprint density at radius 2 is 1.43 bits per heavy atom. The van der Waals surface area contributed by atoms with Crippen molar-refractivity contribution in [2.45, 2.75) is 25.4 Å². The van der Waals surface area contributed by atoms with Crippen molar-refractivity contribution in [2.24, 2.45) is 5.73 Å². The second kappa shape index (κ2) is 12.1. The lowest BCUT2D eigenvalue weighted by atomic mass is 9.95. The van der Waals surface area contributed by atoms with E-state index >= 15 is 0 Å². The minimum atomic E-state index is -0.0156. The summed E-state index contributed by atoms with van der Waals surface area (Å²) in [6.07, 6.45) is 14.4. The number of aryl methyl sites for hydroxylation is 2. The van der Waals surface area contributed by atoms with Crippen LogP contribution in [0.1, 0.15) is 29.2 Å². The van der Waals surface area contributed by atoms with Gasteiger partial charge in [0.2, 0.25) is 5.69 Å². The van der Waals surface area contributed by atoms with Crippen molar-refractivity contribution < 1.29 is 4.57 Å². The van der Waals surface area contributed by atoms with E-state index in [9.17, 15) is 0 Å². The van der Waals surface area contributed by atoms with Gasteiger partial charge in [0.25, 0.3) is 0 Å². The molecule has 0 saturated carbocycles. The number of rotatable bonds is 4. The molecule has 4 bridgehead atoms. The summed E-state index contributed by atoms with van der Waals surface area (Å²) in [6, 6.07) is 46.8. The van der Waals surface area contributed by atoms with E-state index in [4.69, 9.17) is 5.73 Å². The van der Waals surface area contributed by atoms with Gasteiger partial charge >= 0.3 is 0 Å². The number of para-hydroxylation sites is 1. The number of hydrazine groups is 1. The van der Waals surface area contributed by atoms with E-state index < -0.39 is 0 Å². The summed E-state index contributed by atoms with van der Waals surface area (Å²) in [5, 5.41) is 2.39. The highest BCUT2D eigenvalue weighted by Crippen LogP contribution is 2.47. The molecule has 0 spiro atoms. The Labute approximate surface area is 287 Å². The van der Waals surface area contributed by atoms with Crippen LogP contribution in [0.2, 0.25) is 0 Å². The fourth-order valence-corrected chi connectivity index (χ4v) is 7.64. The smallest absolute Gasteiger partial charge is 0.215 e. The van der Waals surface area contributed by atoms with E-state index in [-0.39, 0.29) is 6.04 Å². The summed E-state index contributed by atoms with van der Waals surface area (Å²) >= 11 is 0. The molecule has 6 aromatic rings. The molecule has 49 heavy (non-hydrogen) atoms. The Morgan fingerprint density at radius 3 is 2.29 bits per heavy atom. The summed E-state index contributed by atoms with van der Waals surface area (Å²) in [5.74, 6) is 0. The van der Waals surface area contributed by atoms with Gasteiger partial charge in [-0.25, -0.2) is 0 Å². The van der Waals surface area contributed by atoms with E-state index in [1.54, 1.807) is 6.20 Å². The molecule has 1 atom stereocenters. The molecule has 1 unspecified atom stereocenters. The maximum absolute atomic E-state index is 5.69. The van der Waals surface area contributed by atoms with Crippen molar-refractivity contribution in [3.63, 3.8) is 0 Å². The Balaban J connectivity index is 1.22. The largest absolute Gasteiger partial charge is 0.405 e. The maximum atomic E-state index is 5.69. The minimum Gasteiger partial charge on any atom is -0.405 e. The van der Waals surface area contributed by atoms with Gasteiger partial charge in [-0.1, -0.05) is 109 Å². The number of hydrogen-bond acceptors (Lipinski definition) is 3. The van der Waals surface area contributed by atoms with Crippen LogP contribution in [0, 0.1) is 0 Å². The first-order valence-electron chi connectivity index (χ1n) is 17.1. The number of nitrogens with one attached hydrogen (secondary N) is 1. The molecule has 1 aromatic heterocycles. The van der Waals surface area contributed by atoms with Crippen molar-refractivity contribution >= 4 is 16.9 Å². The summed E-state index contributed by atoms with van der Waals surface area (Å²) in [7, 11) is 0. The first-order valence-corrected chi connectivity index (χ1v) is 17.1. The SMILES string of the molecule is NC=CC=CC1=CC2c3cc(ccc31)CCC[n+]1ccc(-c3ccc(-c4ccccc4)cc3)cc1-c1ccc3cc1N2Nc1ccccc1-3. The number of anilines is 2. The van der Waals surface area contributed by atoms with Crippen LogP contribution in [0.4, 0.5) is 11.4 Å². The lowest BCUT2D eigenvalue weighted by molar-refractivity contribution is -0.686. The van der Waals surface area contributed by atoms with Crippen molar-refractivity contribution in [2.75, 3.05) is 10.4 Å². The number of hydrogen-bond donors (Lipinski definition) is 2. The van der Waals surface area contributed by atoms with Gasteiger partial charge in [0, 0.05) is 24.1 Å². The molecule has 0 radical (unpaired) electrons. The number of allylic oxidation sites excluding steroid dienone is 4. The molecule has 3 heterocycles. The monoisotopic (exact) mass is 633 g/mol. The number of nitrogens with zero attached hydrogens (tertiary/aromatic N) is 2. The summed E-state index contributed by atoms with van der Waals surface area (Å²) in [6.45, 7) is 0.926. The van der Waals surface area contributed by atoms with Crippen molar-refractivity contribution in [1.29, 1.82) is 0 Å². The van der Waals surface area contributed by atoms with Crippen LogP contribution in [-0.4, -0.2) is 0 Å². The second-order valence-corrected chi connectivity index (χ2v) is 13.0. The number of pyridine rings is 1. The molecule has 3 aliphatic rings. The number of aromatic nitrogens is 1. The fraction of sp³-hybridized carbons (Fsp3) is 0.0889. The van der Waals surface area contributed by atoms with E-state index in [0.717, 1.165) is 30.8 Å². The Bertz CT molecular complexity index is 2300. The van der Waals surface area contributed by atoms with Crippen LogP contribution in [0.5, 0.6) is 0 Å². The molecule has 4 heteroatoms. The number of fused-ring (bicyclic) bond motifs is 7. The van der Waals surface area contributed by atoms with Crippen LogP contribution >= 0.6 is 0 Å². The molecular weight excluding hydrogens is 597 g/mol. The van der Waals surface area contributed by atoms with Crippen LogP contribution in [-0.2, 0) is 13.0 Å². The van der Waals surface area contributed by atoms with Crippen LogP contribution in [0.25, 0.3) is 50.2 Å². The third-order valence-electron chi connectivity index (χ3n) is 10.1. The van der Waals surface area contributed by atoms with Gasteiger partial charge in [-0.3, -0.25) is 10.4 Å². The third-order valence-corrected chi connectivity index (χ3v) is 10.1. The predicted molar refractivity (Wildman–Crippen MR) is 202 cm³/mol. The van der Waals surface area contributed by atoms with E-state index in [0.29, 0.717) is 0 Å². The quantitative estimate of drug-likeness (QED) is 0.150. The Kier molecular flexibility index (Phi) is 7.20. The summed E-state index contributed by atoms with van der Waals surface area (Å²) in [4.78, 5) is 0. The van der Waals surface area contributed by atoms with Crippen molar-refractivity contribution in [3.8, 4) is 44.6 Å². The van der Waals surface area contributed by atoms with Gasteiger partial charge in [0.15, 0.2) is 6.20 Å². The molecular formula is C45H37N4+. The van der Waals surface area contributed by atoms with Gasteiger partial charge in [-0.15, -0.1) is 0 Å². The van der Waals surface area contributed by atoms with Gasteiger partial charge in [0.05, 0.1) is 23.0 Å². The molecule has 5 aromatic carbocycles. The highest BCUT2D eigenvalue weighted by molar-refractivity contribution is 5.92. The lowest BCUT2D eigenvalue weighted by Crippen LogP contribution is -2.38. The third kappa shape index (κ3) is 5.22. The summed E-state index contributed by atoms with van der Waals surface area (Å²) in [5.41, 5.74) is 26.7. The van der Waals surface area contributed by atoms with Crippen LogP contribution in [0.15, 0.2) is 164 Å². The molecule has 2 aliphatic heterocycles. The molecule has 0 fully saturated rings. The second-order valence-electron chi connectivity index (χ2n) is 13.0. The normalized spacial score (nSPS) is 15.9. The average molecular weight is 634 g/mol. The highest BCUT2D eigenvalue weighted by Gasteiger charge is 2.34. The van der Waals surface area contributed by atoms with E-state index in [2.05, 4.69) is 161 Å². The highest BCUT2D eigenvalue weighted by atomic mass is 15.5. The van der Waals surface area contributed by atoms with E-state index in [1.807, 2.05) is 12.2 Å². The van der Waals surface area contributed by atoms with Gasteiger partial charge in [-0.2, -0.15) is 4.57 Å². The molecule has 0 amide bonds. The molecule has 0 saturated heterocycles. The zero-order chi connectivity index (χ0) is 32.7. The van der Waals surface area contributed by atoms with Crippen molar-refractivity contribution in [1.82, 2.24) is 0 Å². The van der Waals surface area contributed by atoms with E-state index in [1.165, 1.54) is 66.9 Å². The van der Waals surface area contributed by atoms with Gasteiger partial charge in [0.1, 0.15) is 6.54 Å². The molecule has 236 valence electrons. The van der Waals surface area contributed by atoms with Crippen LogP contribution in [0.3, 0.4) is 0 Å². The van der Waals surface area contributed by atoms with Gasteiger partial charge < -0.3 is 5.73 Å². The first kappa shape index (κ1) is 29.0. The molecule has 9 rings (SSSR count). The Hall–Kier alpha value is -6.13. The number of benzene rings is 5. The zero-order valence-corrected chi connectivity index (χ0v) is 27.3. The average Bonchev–Trinajstić information content (AvgIpc) is 3.45. The fourth-order valence-electron chi connectivity index (χ4n) is 7.64. The lowest BCUT2D eigenvalue weighted by Gasteiger charge is -2.33. The standard InChI is InChI=1S/C45H36N4/c46-24-7-6-12-36-29-45-41-27-31(15-21-38(36)41)9-8-25-48-26-23-35(34-18-16-33(17-19-34)32-10-2-1-3-11-32)28-43(48)40-22-20-37-30-44(40)49(45)47-42-14-5-4-13-39(37)42/h1-7,10-24,26-30,45H,8-9,25,46H2/p+1. The number of nitrogens with two attached hydrogens (primary N) is 1. The molecule has 4 nitrogen and oxygen atoms in total. The maximum Gasteiger partial charge on any atom is 0.215 e. The first-order chi connectivity index (χ1) is 24.2. The molecule has 1 aliphatic carbocycles. The van der Waals surface area contributed by atoms with Crippen molar-refractivity contribution in [3.05, 3.63) is 181 Å². The predicted octanol–water partition coefficient (Wildman–Crippen LogP) is 9.90.